The maximum Gasteiger partial charge on any atom is 0.122 e. The Morgan fingerprint density at radius 1 is 1.22 bits per heavy atom. The van der Waals surface area contributed by atoms with Crippen LogP contribution in [0.15, 0.2) is 36.7 Å². The van der Waals surface area contributed by atoms with Crippen molar-refractivity contribution in [2.75, 3.05) is 6.54 Å². The Kier molecular flexibility index (Phi) is 4.50. The molecule has 0 spiro atoms. The highest BCUT2D eigenvalue weighted by Gasteiger charge is 2.02. The van der Waals surface area contributed by atoms with Gasteiger partial charge in [0.1, 0.15) is 5.82 Å². The molecule has 0 amide bonds. The van der Waals surface area contributed by atoms with E-state index >= 15 is 0 Å². The van der Waals surface area contributed by atoms with Crippen molar-refractivity contribution in [2.24, 2.45) is 0 Å². The molecule has 2 aromatic rings. The molecule has 0 atom stereocenters. The zero-order valence-electron chi connectivity index (χ0n) is 10.6. The standard InChI is InChI=1S/C14H19N3O/c1-2-15-9-14-16-7-8-17(14)10-12-3-5-13(11-18)6-4-12/h3-8,15,18H,2,9-11H2,1H3. The lowest BCUT2D eigenvalue weighted by atomic mass is 10.1. The molecule has 2 N–H and O–H groups in total. The van der Waals surface area contributed by atoms with E-state index in [1.807, 2.05) is 36.7 Å². The molecule has 4 nitrogen and oxygen atoms in total. The SMILES string of the molecule is CCNCc1nccn1Cc1ccc(CO)cc1. The fourth-order valence-electron chi connectivity index (χ4n) is 1.83. The molecule has 1 aromatic carbocycles. The first-order valence-electron chi connectivity index (χ1n) is 6.23. The largest absolute Gasteiger partial charge is 0.392 e. The van der Waals surface area contributed by atoms with Gasteiger partial charge in [0.2, 0.25) is 0 Å². The summed E-state index contributed by atoms with van der Waals surface area (Å²) >= 11 is 0. The highest BCUT2D eigenvalue weighted by molar-refractivity contribution is 5.22. The maximum atomic E-state index is 9.00. The number of nitrogens with one attached hydrogen (secondary N) is 1. The summed E-state index contributed by atoms with van der Waals surface area (Å²) in [4.78, 5) is 4.34. The van der Waals surface area contributed by atoms with Crippen LogP contribution in [-0.2, 0) is 19.7 Å². The van der Waals surface area contributed by atoms with Crippen molar-refractivity contribution in [3.8, 4) is 0 Å². The monoisotopic (exact) mass is 245 g/mol. The van der Waals surface area contributed by atoms with Crippen molar-refractivity contribution < 1.29 is 5.11 Å². The highest BCUT2D eigenvalue weighted by atomic mass is 16.3. The normalized spacial score (nSPS) is 10.8. The first kappa shape index (κ1) is 12.8. The zero-order chi connectivity index (χ0) is 12.8. The Morgan fingerprint density at radius 3 is 2.61 bits per heavy atom. The van der Waals surface area contributed by atoms with Crippen LogP contribution in [0.3, 0.4) is 0 Å². The highest BCUT2D eigenvalue weighted by Crippen LogP contribution is 2.08. The lowest BCUT2D eigenvalue weighted by Crippen LogP contribution is -2.16. The average molecular weight is 245 g/mol. The molecule has 0 bridgehead atoms. The Balaban J connectivity index is 2.05. The van der Waals surface area contributed by atoms with E-state index in [1.165, 1.54) is 5.56 Å². The second-order valence-electron chi connectivity index (χ2n) is 4.23. The minimum atomic E-state index is 0.0943. The average Bonchev–Trinajstić information content (AvgIpc) is 2.84. The van der Waals surface area contributed by atoms with Gasteiger partial charge in [0.15, 0.2) is 0 Å². The van der Waals surface area contributed by atoms with Crippen LogP contribution < -0.4 is 5.32 Å². The summed E-state index contributed by atoms with van der Waals surface area (Å²) in [5.74, 6) is 1.04. The molecular weight excluding hydrogens is 226 g/mol. The van der Waals surface area contributed by atoms with Gasteiger partial charge in [-0.05, 0) is 17.7 Å². The molecule has 0 fully saturated rings. The van der Waals surface area contributed by atoms with E-state index in [2.05, 4.69) is 21.8 Å². The number of hydrogen-bond donors (Lipinski definition) is 2. The molecular formula is C14H19N3O. The third-order valence-electron chi connectivity index (χ3n) is 2.89. The molecule has 0 radical (unpaired) electrons. The van der Waals surface area contributed by atoms with E-state index in [9.17, 15) is 0 Å². The summed E-state index contributed by atoms with van der Waals surface area (Å²) in [5, 5.41) is 12.3. The predicted octanol–water partition coefficient (Wildman–Crippen LogP) is 1.53. The lowest BCUT2D eigenvalue weighted by molar-refractivity contribution is 0.282. The number of nitrogens with zero attached hydrogens (tertiary/aromatic N) is 2. The summed E-state index contributed by atoms with van der Waals surface area (Å²) in [7, 11) is 0. The van der Waals surface area contributed by atoms with Gasteiger partial charge in [-0.15, -0.1) is 0 Å². The third-order valence-corrected chi connectivity index (χ3v) is 2.89. The maximum absolute atomic E-state index is 9.00. The van der Waals surface area contributed by atoms with Crippen molar-refractivity contribution in [1.29, 1.82) is 0 Å². The van der Waals surface area contributed by atoms with Crippen LogP contribution in [0.2, 0.25) is 0 Å². The van der Waals surface area contributed by atoms with Gasteiger partial charge in [-0.3, -0.25) is 0 Å². The van der Waals surface area contributed by atoms with E-state index in [0.29, 0.717) is 0 Å². The molecule has 0 aliphatic rings. The summed E-state index contributed by atoms with van der Waals surface area (Å²) in [6.07, 6.45) is 3.82. The molecule has 96 valence electrons. The van der Waals surface area contributed by atoms with E-state index in [4.69, 9.17) is 5.11 Å². The van der Waals surface area contributed by atoms with Crippen LogP contribution in [0, 0.1) is 0 Å². The Labute approximate surface area is 107 Å². The van der Waals surface area contributed by atoms with Gasteiger partial charge in [-0.2, -0.15) is 0 Å². The molecule has 0 saturated heterocycles. The molecule has 1 heterocycles. The number of imidazole rings is 1. The van der Waals surface area contributed by atoms with Gasteiger partial charge in [-0.1, -0.05) is 31.2 Å². The summed E-state index contributed by atoms with van der Waals surface area (Å²) in [6.45, 7) is 4.72. The van der Waals surface area contributed by atoms with Crippen LogP contribution in [0.25, 0.3) is 0 Å². The molecule has 0 unspecified atom stereocenters. The van der Waals surface area contributed by atoms with Crippen LogP contribution in [-0.4, -0.2) is 21.2 Å². The topological polar surface area (TPSA) is 50.1 Å². The van der Waals surface area contributed by atoms with Gasteiger partial charge in [0.05, 0.1) is 13.2 Å². The molecule has 4 heteroatoms. The third kappa shape index (κ3) is 3.18. The second kappa shape index (κ2) is 6.33. The van der Waals surface area contributed by atoms with Gasteiger partial charge in [-0.25, -0.2) is 4.98 Å². The van der Waals surface area contributed by atoms with Gasteiger partial charge < -0.3 is 15.0 Å². The minimum absolute atomic E-state index is 0.0943. The van der Waals surface area contributed by atoms with Gasteiger partial charge >= 0.3 is 0 Å². The number of aliphatic hydroxyl groups excluding tert-OH is 1. The summed E-state index contributed by atoms with van der Waals surface area (Å²) < 4.78 is 2.14. The number of benzene rings is 1. The Hall–Kier alpha value is -1.65. The predicted molar refractivity (Wildman–Crippen MR) is 71.1 cm³/mol. The van der Waals surface area contributed by atoms with Crippen molar-refractivity contribution in [1.82, 2.24) is 14.9 Å². The van der Waals surface area contributed by atoms with Crippen molar-refractivity contribution >= 4 is 0 Å². The van der Waals surface area contributed by atoms with Crippen LogP contribution >= 0.6 is 0 Å². The van der Waals surface area contributed by atoms with Crippen LogP contribution in [0.4, 0.5) is 0 Å². The van der Waals surface area contributed by atoms with E-state index < -0.39 is 0 Å². The minimum Gasteiger partial charge on any atom is -0.392 e. The van der Waals surface area contributed by atoms with Crippen molar-refractivity contribution in [2.45, 2.75) is 26.6 Å². The fraction of sp³-hybridized carbons (Fsp3) is 0.357. The van der Waals surface area contributed by atoms with Crippen LogP contribution in [0.5, 0.6) is 0 Å². The molecule has 18 heavy (non-hydrogen) atoms. The number of aliphatic hydroxyl groups is 1. The summed E-state index contributed by atoms with van der Waals surface area (Å²) in [6, 6.07) is 8.00. The molecule has 0 aliphatic carbocycles. The first-order valence-corrected chi connectivity index (χ1v) is 6.23. The first-order chi connectivity index (χ1) is 8.83. The smallest absolute Gasteiger partial charge is 0.122 e. The molecule has 1 aromatic heterocycles. The van der Waals surface area contributed by atoms with Gasteiger partial charge in [0.25, 0.3) is 0 Å². The molecule has 2 rings (SSSR count). The molecule has 0 aliphatic heterocycles. The number of hydrogen-bond acceptors (Lipinski definition) is 3. The lowest BCUT2D eigenvalue weighted by Gasteiger charge is -2.08. The van der Waals surface area contributed by atoms with Crippen molar-refractivity contribution in [3.63, 3.8) is 0 Å². The van der Waals surface area contributed by atoms with Crippen molar-refractivity contribution in [3.05, 3.63) is 53.6 Å². The Bertz CT molecular complexity index is 476. The van der Waals surface area contributed by atoms with E-state index in [0.717, 1.165) is 31.0 Å². The Morgan fingerprint density at radius 2 is 1.94 bits per heavy atom. The zero-order valence-corrected chi connectivity index (χ0v) is 10.6. The number of rotatable bonds is 6. The van der Waals surface area contributed by atoms with Crippen LogP contribution in [0.1, 0.15) is 23.9 Å². The molecule has 0 saturated carbocycles. The number of aromatic nitrogens is 2. The second-order valence-corrected chi connectivity index (χ2v) is 4.23. The van der Waals surface area contributed by atoms with E-state index in [1.54, 1.807) is 0 Å². The summed E-state index contributed by atoms with van der Waals surface area (Å²) in [5.41, 5.74) is 2.15. The van der Waals surface area contributed by atoms with Gasteiger partial charge in [0, 0.05) is 18.9 Å². The van der Waals surface area contributed by atoms with E-state index in [-0.39, 0.29) is 6.61 Å². The fourth-order valence-corrected chi connectivity index (χ4v) is 1.83. The quantitative estimate of drug-likeness (QED) is 0.811.